The summed E-state index contributed by atoms with van der Waals surface area (Å²) in [5.41, 5.74) is -0.277. The van der Waals surface area contributed by atoms with Crippen LogP contribution in [0.4, 0.5) is 0 Å². The van der Waals surface area contributed by atoms with Crippen LogP contribution in [0.3, 0.4) is 0 Å². The van der Waals surface area contributed by atoms with Crippen LogP contribution < -0.4 is 5.56 Å². The van der Waals surface area contributed by atoms with Gasteiger partial charge in [0.05, 0.1) is 11.7 Å². The fourth-order valence-corrected chi connectivity index (χ4v) is 3.29. The van der Waals surface area contributed by atoms with Crippen molar-refractivity contribution in [2.75, 3.05) is 6.54 Å². The Kier molecular flexibility index (Phi) is 3.46. The van der Waals surface area contributed by atoms with Gasteiger partial charge in [-0.05, 0) is 24.3 Å². The van der Waals surface area contributed by atoms with Gasteiger partial charge >= 0.3 is 5.97 Å². The van der Waals surface area contributed by atoms with E-state index in [0.717, 1.165) is 0 Å². The topological polar surface area (TPSA) is 92.5 Å². The van der Waals surface area contributed by atoms with Crippen LogP contribution in [-0.2, 0) is 16.1 Å². The molecule has 1 aliphatic rings. The van der Waals surface area contributed by atoms with Crippen molar-refractivity contribution in [3.05, 3.63) is 28.1 Å². The van der Waals surface area contributed by atoms with Crippen molar-refractivity contribution in [1.29, 1.82) is 0 Å². The standard InChI is InChI=1S/C13H13N3O4S/c17-10(16-4-1-2-9(16)13(19)20)6-15-7-14-11-8(12(15)18)3-5-21-11/h3,5,7,9H,1-2,4,6H2,(H,19,20). The van der Waals surface area contributed by atoms with Gasteiger partial charge in [0, 0.05) is 6.54 Å². The number of aliphatic carboxylic acids is 1. The molecule has 3 heterocycles. The van der Waals surface area contributed by atoms with E-state index in [1.807, 2.05) is 0 Å². The number of likely N-dealkylation sites (tertiary alicyclic amines) is 1. The molecule has 1 unspecified atom stereocenters. The summed E-state index contributed by atoms with van der Waals surface area (Å²) in [5.74, 6) is -1.36. The van der Waals surface area contributed by atoms with Gasteiger partial charge in [0.25, 0.3) is 5.56 Å². The Morgan fingerprint density at radius 2 is 2.29 bits per heavy atom. The Bertz CT molecular complexity index is 766. The first-order chi connectivity index (χ1) is 10.1. The molecule has 1 fully saturated rings. The van der Waals surface area contributed by atoms with Crippen molar-refractivity contribution in [2.45, 2.75) is 25.4 Å². The Balaban J connectivity index is 1.85. The van der Waals surface area contributed by atoms with Crippen LogP contribution in [0.5, 0.6) is 0 Å². The average molecular weight is 307 g/mol. The highest BCUT2D eigenvalue weighted by Gasteiger charge is 2.33. The van der Waals surface area contributed by atoms with Crippen LogP contribution in [0.25, 0.3) is 10.2 Å². The number of fused-ring (bicyclic) bond motifs is 1. The third-order valence-corrected chi connectivity index (χ3v) is 4.43. The minimum atomic E-state index is -1.00. The fourth-order valence-electron chi connectivity index (χ4n) is 2.56. The lowest BCUT2D eigenvalue weighted by molar-refractivity contribution is -0.148. The molecule has 7 nitrogen and oxygen atoms in total. The smallest absolute Gasteiger partial charge is 0.326 e. The maximum absolute atomic E-state index is 12.2. The minimum Gasteiger partial charge on any atom is -0.480 e. The van der Waals surface area contributed by atoms with E-state index in [0.29, 0.717) is 29.6 Å². The molecule has 3 rings (SSSR count). The van der Waals surface area contributed by atoms with Crippen LogP contribution in [0.1, 0.15) is 12.8 Å². The molecule has 21 heavy (non-hydrogen) atoms. The summed E-state index contributed by atoms with van der Waals surface area (Å²) >= 11 is 1.36. The summed E-state index contributed by atoms with van der Waals surface area (Å²) in [6.45, 7) is 0.236. The van der Waals surface area contributed by atoms with E-state index < -0.39 is 12.0 Å². The largest absolute Gasteiger partial charge is 0.480 e. The number of thiophene rings is 1. The number of hydrogen-bond acceptors (Lipinski definition) is 5. The van der Waals surface area contributed by atoms with Crippen molar-refractivity contribution in [3.63, 3.8) is 0 Å². The lowest BCUT2D eigenvalue weighted by Crippen LogP contribution is -2.43. The molecule has 0 bridgehead atoms. The number of nitrogens with zero attached hydrogens (tertiary/aromatic N) is 3. The number of rotatable bonds is 3. The summed E-state index contributed by atoms with van der Waals surface area (Å²) in [4.78, 5) is 41.6. The van der Waals surface area contributed by atoms with Gasteiger partial charge in [-0.3, -0.25) is 14.2 Å². The van der Waals surface area contributed by atoms with Gasteiger partial charge in [0.2, 0.25) is 5.91 Å². The molecular formula is C13H13N3O4S. The Hall–Kier alpha value is -2.22. The monoisotopic (exact) mass is 307 g/mol. The molecule has 1 N–H and O–H groups in total. The van der Waals surface area contributed by atoms with Gasteiger partial charge in [-0.15, -0.1) is 11.3 Å². The zero-order valence-electron chi connectivity index (χ0n) is 11.1. The number of carboxylic acid groups (broad SMARTS) is 1. The lowest BCUT2D eigenvalue weighted by Gasteiger charge is -2.21. The van der Waals surface area contributed by atoms with Gasteiger partial charge in [-0.1, -0.05) is 0 Å². The second-order valence-electron chi connectivity index (χ2n) is 4.90. The zero-order valence-corrected chi connectivity index (χ0v) is 11.9. The second kappa shape index (κ2) is 5.28. The molecule has 1 atom stereocenters. The first-order valence-corrected chi connectivity index (χ1v) is 7.41. The maximum atomic E-state index is 12.2. The molecule has 2 aromatic heterocycles. The molecule has 0 radical (unpaired) electrons. The Morgan fingerprint density at radius 1 is 1.48 bits per heavy atom. The molecule has 0 aromatic carbocycles. The SMILES string of the molecule is O=C(O)C1CCCN1C(=O)Cn1cnc2sccc2c1=O. The summed E-state index contributed by atoms with van der Waals surface area (Å²) in [6.07, 6.45) is 2.46. The molecule has 1 aliphatic heterocycles. The zero-order chi connectivity index (χ0) is 15.0. The van der Waals surface area contributed by atoms with E-state index in [1.54, 1.807) is 11.4 Å². The first-order valence-electron chi connectivity index (χ1n) is 6.53. The van der Waals surface area contributed by atoms with Gasteiger partial charge < -0.3 is 10.0 Å². The molecule has 110 valence electrons. The predicted molar refractivity (Wildman–Crippen MR) is 76.3 cm³/mol. The van der Waals surface area contributed by atoms with E-state index in [-0.39, 0.29) is 18.0 Å². The Labute approximate surface area is 123 Å². The van der Waals surface area contributed by atoms with Crippen LogP contribution in [0.2, 0.25) is 0 Å². The first kappa shape index (κ1) is 13.7. The van der Waals surface area contributed by atoms with Crippen LogP contribution >= 0.6 is 11.3 Å². The van der Waals surface area contributed by atoms with Crippen molar-refractivity contribution in [3.8, 4) is 0 Å². The predicted octanol–water partition coefficient (Wildman–Crippen LogP) is 0.534. The summed E-state index contributed by atoms with van der Waals surface area (Å²) < 4.78 is 1.23. The lowest BCUT2D eigenvalue weighted by atomic mass is 10.2. The molecule has 0 aliphatic carbocycles. The molecule has 1 saturated heterocycles. The van der Waals surface area contributed by atoms with Gasteiger partial charge in [-0.25, -0.2) is 9.78 Å². The molecule has 8 heteroatoms. The normalized spacial score (nSPS) is 18.3. The highest BCUT2D eigenvalue weighted by molar-refractivity contribution is 7.16. The van der Waals surface area contributed by atoms with E-state index in [2.05, 4.69) is 4.98 Å². The van der Waals surface area contributed by atoms with E-state index in [1.165, 1.54) is 27.1 Å². The number of amides is 1. The van der Waals surface area contributed by atoms with Crippen LogP contribution in [0, 0.1) is 0 Å². The maximum Gasteiger partial charge on any atom is 0.326 e. The second-order valence-corrected chi connectivity index (χ2v) is 5.80. The van der Waals surface area contributed by atoms with E-state index >= 15 is 0 Å². The highest BCUT2D eigenvalue weighted by atomic mass is 32.1. The van der Waals surface area contributed by atoms with Crippen molar-refractivity contribution >= 4 is 33.4 Å². The highest BCUT2D eigenvalue weighted by Crippen LogP contribution is 2.18. The van der Waals surface area contributed by atoms with Crippen molar-refractivity contribution < 1.29 is 14.7 Å². The molecular weight excluding hydrogens is 294 g/mol. The number of carbonyl (C=O) groups excluding carboxylic acids is 1. The minimum absolute atomic E-state index is 0.179. The third-order valence-electron chi connectivity index (χ3n) is 3.61. The average Bonchev–Trinajstić information content (AvgIpc) is 3.09. The molecule has 0 saturated carbocycles. The fraction of sp³-hybridized carbons (Fsp3) is 0.385. The van der Waals surface area contributed by atoms with E-state index in [4.69, 9.17) is 5.11 Å². The van der Waals surface area contributed by atoms with Crippen molar-refractivity contribution in [2.24, 2.45) is 0 Å². The number of carboxylic acids is 1. The van der Waals surface area contributed by atoms with E-state index in [9.17, 15) is 14.4 Å². The number of aromatic nitrogens is 2. The van der Waals surface area contributed by atoms with Crippen molar-refractivity contribution in [1.82, 2.24) is 14.5 Å². The summed E-state index contributed by atoms with van der Waals surface area (Å²) in [7, 11) is 0. The molecule has 0 spiro atoms. The summed E-state index contributed by atoms with van der Waals surface area (Å²) in [6, 6.07) is 0.887. The van der Waals surface area contributed by atoms with Crippen LogP contribution in [0.15, 0.2) is 22.6 Å². The van der Waals surface area contributed by atoms with Gasteiger partial charge in [0.15, 0.2) is 0 Å². The Morgan fingerprint density at radius 3 is 3.05 bits per heavy atom. The quantitative estimate of drug-likeness (QED) is 0.893. The van der Waals surface area contributed by atoms with Gasteiger partial charge in [0.1, 0.15) is 17.4 Å². The number of carbonyl (C=O) groups is 2. The molecule has 1 amide bonds. The number of hydrogen-bond donors (Lipinski definition) is 1. The van der Waals surface area contributed by atoms with Crippen LogP contribution in [-0.4, -0.2) is 44.0 Å². The third kappa shape index (κ3) is 2.42. The molecule has 2 aromatic rings. The van der Waals surface area contributed by atoms with Gasteiger partial charge in [-0.2, -0.15) is 0 Å². The summed E-state index contributed by atoms with van der Waals surface area (Å²) in [5, 5.41) is 11.3.